The standard InChI is InChI=1S/C16H23N3O2/c1-5-19(6-2)16(21)11-18(4)15-9-13(10-17)7-8-14(15)12(3)20/h7-9,12,20H,5-6,11H2,1-4H3/t12-/m0/s1. The van der Waals surface area contributed by atoms with Crippen molar-refractivity contribution in [2.75, 3.05) is 31.6 Å². The van der Waals surface area contributed by atoms with E-state index in [-0.39, 0.29) is 12.5 Å². The Bertz CT molecular complexity index is 531. The summed E-state index contributed by atoms with van der Waals surface area (Å²) in [5.41, 5.74) is 1.94. The van der Waals surface area contributed by atoms with Crippen LogP contribution < -0.4 is 4.90 Å². The van der Waals surface area contributed by atoms with Gasteiger partial charge in [0.05, 0.1) is 24.3 Å². The molecular formula is C16H23N3O2. The van der Waals surface area contributed by atoms with E-state index in [0.717, 1.165) is 0 Å². The number of rotatable bonds is 6. The Morgan fingerprint density at radius 1 is 1.38 bits per heavy atom. The minimum Gasteiger partial charge on any atom is -0.389 e. The number of nitrogens with zero attached hydrogens (tertiary/aromatic N) is 3. The molecule has 0 aliphatic rings. The molecule has 5 heteroatoms. The van der Waals surface area contributed by atoms with E-state index in [4.69, 9.17) is 5.26 Å². The first kappa shape index (κ1) is 17.0. The Morgan fingerprint density at radius 2 is 2.00 bits per heavy atom. The van der Waals surface area contributed by atoms with E-state index in [1.54, 1.807) is 42.0 Å². The molecule has 114 valence electrons. The molecule has 1 aromatic rings. The van der Waals surface area contributed by atoms with Crippen molar-refractivity contribution in [1.82, 2.24) is 4.90 Å². The van der Waals surface area contributed by atoms with Gasteiger partial charge in [-0.2, -0.15) is 5.26 Å². The third-order valence-electron chi connectivity index (χ3n) is 3.51. The average molecular weight is 289 g/mol. The van der Waals surface area contributed by atoms with Crippen LogP contribution in [0.3, 0.4) is 0 Å². The number of nitriles is 1. The summed E-state index contributed by atoms with van der Waals surface area (Å²) in [5, 5.41) is 18.9. The maximum absolute atomic E-state index is 12.2. The summed E-state index contributed by atoms with van der Waals surface area (Å²) >= 11 is 0. The molecular weight excluding hydrogens is 266 g/mol. The number of anilines is 1. The molecule has 0 radical (unpaired) electrons. The lowest BCUT2D eigenvalue weighted by Crippen LogP contribution is -2.39. The van der Waals surface area contributed by atoms with Gasteiger partial charge in [0.1, 0.15) is 0 Å². The lowest BCUT2D eigenvalue weighted by atomic mass is 10.0. The van der Waals surface area contributed by atoms with Crippen molar-refractivity contribution < 1.29 is 9.90 Å². The lowest BCUT2D eigenvalue weighted by Gasteiger charge is -2.26. The van der Waals surface area contributed by atoms with Crippen molar-refractivity contribution in [1.29, 1.82) is 5.26 Å². The molecule has 0 heterocycles. The van der Waals surface area contributed by atoms with Crippen molar-refractivity contribution in [2.45, 2.75) is 26.9 Å². The largest absolute Gasteiger partial charge is 0.389 e. The van der Waals surface area contributed by atoms with Gasteiger partial charge in [-0.25, -0.2) is 0 Å². The number of aliphatic hydroxyl groups excluding tert-OH is 1. The van der Waals surface area contributed by atoms with Gasteiger partial charge in [-0.05, 0) is 32.9 Å². The molecule has 1 aromatic carbocycles. The number of hydrogen-bond donors (Lipinski definition) is 1. The van der Waals surface area contributed by atoms with Crippen LogP contribution in [0.2, 0.25) is 0 Å². The fourth-order valence-corrected chi connectivity index (χ4v) is 2.26. The first-order chi connectivity index (χ1) is 9.94. The summed E-state index contributed by atoms with van der Waals surface area (Å²) in [7, 11) is 1.80. The van der Waals surface area contributed by atoms with Gasteiger partial charge in [0, 0.05) is 31.4 Å². The van der Waals surface area contributed by atoms with Crippen LogP contribution in [0, 0.1) is 11.3 Å². The van der Waals surface area contributed by atoms with E-state index in [2.05, 4.69) is 6.07 Å². The minimum atomic E-state index is -0.654. The average Bonchev–Trinajstić information content (AvgIpc) is 2.47. The number of carbonyl (C=O) groups excluding carboxylic acids is 1. The van der Waals surface area contributed by atoms with Crippen molar-refractivity contribution in [3.8, 4) is 6.07 Å². The topological polar surface area (TPSA) is 67.6 Å². The SMILES string of the molecule is CCN(CC)C(=O)CN(C)c1cc(C#N)ccc1[C@H](C)O. The number of benzene rings is 1. The molecule has 1 rings (SSSR count). The summed E-state index contributed by atoms with van der Waals surface area (Å²) in [5.74, 6) is 0.0291. The first-order valence-corrected chi connectivity index (χ1v) is 7.15. The molecule has 21 heavy (non-hydrogen) atoms. The van der Waals surface area contributed by atoms with Crippen LogP contribution in [0.5, 0.6) is 0 Å². The van der Waals surface area contributed by atoms with Gasteiger partial charge in [-0.15, -0.1) is 0 Å². The van der Waals surface area contributed by atoms with Crippen molar-refractivity contribution in [3.05, 3.63) is 29.3 Å². The minimum absolute atomic E-state index is 0.0291. The molecule has 0 aliphatic carbocycles. The molecule has 0 aromatic heterocycles. The molecule has 0 saturated heterocycles. The van der Waals surface area contributed by atoms with Gasteiger partial charge in [0.2, 0.25) is 5.91 Å². The zero-order valence-corrected chi connectivity index (χ0v) is 13.1. The summed E-state index contributed by atoms with van der Waals surface area (Å²) in [6.07, 6.45) is -0.654. The predicted octanol–water partition coefficient (Wildman–Crippen LogP) is 1.92. The Hall–Kier alpha value is -2.06. The fourth-order valence-electron chi connectivity index (χ4n) is 2.26. The second kappa shape index (κ2) is 7.65. The number of amides is 1. The zero-order valence-electron chi connectivity index (χ0n) is 13.1. The second-order valence-corrected chi connectivity index (χ2v) is 4.98. The summed E-state index contributed by atoms with van der Waals surface area (Å²) in [6.45, 7) is 7.12. The monoisotopic (exact) mass is 289 g/mol. The van der Waals surface area contributed by atoms with Gasteiger partial charge in [0.15, 0.2) is 0 Å². The third kappa shape index (κ3) is 4.20. The molecule has 0 unspecified atom stereocenters. The summed E-state index contributed by atoms with van der Waals surface area (Å²) in [4.78, 5) is 15.7. The highest BCUT2D eigenvalue weighted by Crippen LogP contribution is 2.26. The van der Waals surface area contributed by atoms with E-state index in [1.807, 2.05) is 13.8 Å². The van der Waals surface area contributed by atoms with E-state index in [0.29, 0.717) is 29.9 Å². The number of carbonyl (C=O) groups is 1. The van der Waals surface area contributed by atoms with Gasteiger partial charge in [-0.3, -0.25) is 4.79 Å². The van der Waals surface area contributed by atoms with E-state index >= 15 is 0 Å². The number of hydrogen-bond acceptors (Lipinski definition) is 4. The smallest absolute Gasteiger partial charge is 0.242 e. The van der Waals surface area contributed by atoms with Gasteiger partial charge >= 0.3 is 0 Å². The van der Waals surface area contributed by atoms with Crippen LogP contribution in [-0.4, -0.2) is 42.6 Å². The molecule has 0 fully saturated rings. The van der Waals surface area contributed by atoms with Crippen molar-refractivity contribution >= 4 is 11.6 Å². The van der Waals surface area contributed by atoms with Gasteiger partial charge < -0.3 is 14.9 Å². The van der Waals surface area contributed by atoms with Gasteiger partial charge in [0.25, 0.3) is 0 Å². The number of aliphatic hydroxyl groups is 1. The normalized spacial score (nSPS) is 11.6. The maximum atomic E-state index is 12.2. The quantitative estimate of drug-likeness (QED) is 0.868. The molecule has 0 saturated carbocycles. The predicted molar refractivity (Wildman–Crippen MR) is 83.0 cm³/mol. The van der Waals surface area contributed by atoms with Crippen LogP contribution in [0.25, 0.3) is 0 Å². The third-order valence-corrected chi connectivity index (χ3v) is 3.51. The van der Waals surface area contributed by atoms with Crippen molar-refractivity contribution in [2.24, 2.45) is 0 Å². The molecule has 1 N–H and O–H groups in total. The Labute approximate surface area is 126 Å². The van der Waals surface area contributed by atoms with Crippen LogP contribution in [0.4, 0.5) is 5.69 Å². The molecule has 0 bridgehead atoms. The molecule has 5 nitrogen and oxygen atoms in total. The highest BCUT2D eigenvalue weighted by Gasteiger charge is 2.17. The Kier molecular flexibility index (Phi) is 6.19. The Balaban J connectivity index is 3.03. The number of likely N-dealkylation sites (N-methyl/N-ethyl adjacent to an activating group) is 2. The summed E-state index contributed by atoms with van der Waals surface area (Å²) in [6, 6.07) is 7.19. The fraction of sp³-hybridized carbons (Fsp3) is 0.500. The zero-order chi connectivity index (χ0) is 16.0. The van der Waals surface area contributed by atoms with E-state index in [1.165, 1.54) is 0 Å². The molecule has 0 aliphatic heterocycles. The summed E-state index contributed by atoms with van der Waals surface area (Å²) < 4.78 is 0. The van der Waals surface area contributed by atoms with Crippen LogP contribution >= 0.6 is 0 Å². The lowest BCUT2D eigenvalue weighted by molar-refractivity contribution is -0.129. The second-order valence-electron chi connectivity index (χ2n) is 4.98. The first-order valence-electron chi connectivity index (χ1n) is 7.15. The molecule has 0 spiro atoms. The van der Waals surface area contributed by atoms with Crippen molar-refractivity contribution in [3.63, 3.8) is 0 Å². The van der Waals surface area contributed by atoms with Crippen LogP contribution in [0.15, 0.2) is 18.2 Å². The van der Waals surface area contributed by atoms with Crippen LogP contribution in [0.1, 0.15) is 38.0 Å². The highest BCUT2D eigenvalue weighted by molar-refractivity contribution is 5.81. The maximum Gasteiger partial charge on any atom is 0.242 e. The Morgan fingerprint density at radius 3 is 2.48 bits per heavy atom. The van der Waals surface area contributed by atoms with E-state index < -0.39 is 6.10 Å². The highest BCUT2D eigenvalue weighted by atomic mass is 16.3. The van der Waals surface area contributed by atoms with E-state index in [9.17, 15) is 9.90 Å². The molecule has 1 atom stereocenters. The van der Waals surface area contributed by atoms with Gasteiger partial charge in [-0.1, -0.05) is 6.07 Å². The van der Waals surface area contributed by atoms with Crippen LogP contribution in [-0.2, 0) is 4.79 Å². The molecule has 1 amide bonds.